The standard InChI is InChI=1S/C22H27F5N2O4S/c1-19(2,18(30)31)12-33-16-7-17-15(6-14(16)22(25,26)27)29(5-4-28(3)34(17)32)13-8-20(9-13)10-21(23,24)11-20/h6-7,13H,4-5,8-12H2,1-3H3,(H,30,31). The lowest BCUT2D eigenvalue weighted by molar-refractivity contribution is -0.195. The van der Waals surface area contributed by atoms with E-state index in [1.807, 2.05) is 0 Å². The van der Waals surface area contributed by atoms with Crippen LogP contribution in [0.5, 0.6) is 5.75 Å². The van der Waals surface area contributed by atoms with E-state index in [9.17, 15) is 36.1 Å². The molecule has 190 valence electrons. The number of ether oxygens (including phenoxy) is 1. The molecule has 1 N–H and O–H groups in total. The minimum Gasteiger partial charge on any atom is -0.492 e. The zero-order valence-electron chi connectivity index (χ0n) is 19.0. The Balaban J connectivity index is 1.70. The van der Waals surface area contributed by atoms with E-state index in [0.29, 0.717) is 25.9 Å². The SMILES string of the molecule is CN1CCN(C2CC3(C2)CC(F)(F)C3)c2cc(C(F)(F)F)c(OCC(C)(C)C(=O)O)cc2S1=O. The van der Waals surface area contributed by atoms with Crippen molar-refractivity contribution in [3.8, 4) is 5.75 Å². The van der Waals surface area contributed by atoms with Crippen molar-refractivity contribution in [3.05, 3.63) is 17.7 Å². The first-order valence-electron chi connectivity index (χ1n) is 10.9. The quantitative estimate of drug-likeness (QED) is 0.589. The molecule has 0 radical (unpaired) electrons. The van der Waals surface area contributed by atoms with Crippen LogP contribution in [0.25, 0.3) is 0 Å². The molecule has 1 spiro atoms. The second-order valence-corrected chi connectivity index (χ2v) is 11.9. The maximum absolute atomic E-state index is 14.0. The Morgan fingerprint density at radius 3 is 2.35 bits per heavy atom. The Kier molecular flexibility index (Phi) is 5.95. The molecule has 4 rings (SSSR count). The third-order valence-corrected chi connectivity index (χ3v) is 8.47. The van der Waals surface area contributed by atoms with Gasteiger partial charge in [0.1, 0.15) is 23.3 Å². The molecular weight excluding hydrogens is 483 g/mol. The highest BCUT2D eigenvalue weighted by Crippen LogP contribution is 2.64. The predicted octanol–water partition coefficient (Wildman–Crippen LogP) is 4.55. The molecule has 1 aliphatic heterocycles. The fourth-order valence-corrected chi connectivity index (χ4v) is 6.21. The van der Waals surface area contributed by atoms with E-state index in [2.05, 4.69) is 0 Å². The monoisotopic (exact) mass is 510 g/mol. The van der Waals surface area contributed by atoms with Gasteiger partial charge in [-0.05, 0) is 38.2 Å². The van der Waals surface area contributed by atoms with Crippen molar-refractivity contribution < 1.29 is 40.8 Å². The smallest absolute Gasteiger partial charge is 0.420 e. The van der Waals surface area contributed by atoms with Crippen molar-refractivity contribution in [2.75, 3.05) is 31.6 Å². The first-order valence-corrected chi connectivity index (χ1v) is 12.0. The van der Waals surface area contributed by atoms with Gasteiger partial charge in [-0.15, -0.1) is 0 Å². The fraction of sp³-hybridized carbons (Fsp3) is 0.682. The number of fused-ring (bicyclic) bond motifs is 1. The predicted molar refractivity (Wildman–Crippen MR) is 114 cm³/mol. The Bertz CT molecular complexity index is 1010. The second-order valence-electron chi connectivity index (χ2n) is 10.4. The molecule has 1 aromatic rings. The number of likely N-dealkylation sites (N-methyl/N-ethyl adjacent to an activating group) is 1. The molecule has 2 aliphatic carbocycles. The minimum atomic E-state index is -4.81. The lowest BCUT2D eigenvalue weighted by Crippen LogP contribution is -2.60. The Hall–Kier alpha value is -1.95. The Labute approximate surface area is 196 Å². The van der Waals surface area contributed by atoms with Crippen LogP contribution in [0.3, 0.4) is 0 Å². The summed E-state index contributed by atoms with van der Waals surface area (Å²) in [6.45, 7) is 2.75. The molecule has 1 unspecified atom stereocenters. The van der Waals surface area contributed by atoms with Crippen LogP contribution in [-0.2, 0) is 22.0 Å². The summed E-state index contributed by atoms with van der Waals surface area (Å²) in [5, 5.41) is 9.27. The maximum Gasteiger partial charge on any atom is 0.420 e. The van der Waals surface area contributed by atoms with Crippen molar-refractivity contribution in [1.82, 2.24) is 4.31 Å². The summed E-state index contributed by atoms with van der Waals surface area (Å²) in [6.07, 6.45) is -4.32. The van der Waals surface area contributed by atoms with Crippen LogP contribution in [0.2, 0.25) is 0 Å². The minimum absolute atomic E-state index is 0.121. The van der Waals surface area contributed by atoms with Gasteiger partial charge in [0.15, 0.2) is 0 Å². The normalized spacial score (nSPS) is 24.7. The zero-order valence-corrected chi connectivity index (χ0v) is 19.9. The molecule has 2 fully saturated rings. The first kappa shape index (κ1) is 25.2. The molecule has 0 aromatic heterocycles. The number of rotatable bonds is 5. The number of carboxylic acid groups (broad SMARTS) is 1. The van der Waals surface area contributed by atoms with Crippen LogP contribution in [0, 0.1) is 10.8 Å². The molecule has 12 heteroatoms. The third-order valence-electron chi connectivity index (χ3n) is 7.02. The van der Waals surface area contributed by atoms with Crippen molar-refractivity contribution in [3.63, 3.8) is 0 Å². The van der Waals surface area contributed by atoms with E-state index < -0.39 is 57.8 Å². The summed E-state index contributed by atoms with van der Waals surface area (Å²) in [5.74, 6) is -4.50. The van der Waals surface area contributed by atoms with Gasteiger partial charge in [0.2, 0.25) is 5.92 Å². The van der Waals surface area contributed by atoms with Gasteiger partial charge in [-0.1, -0.05) is 0 Å². The number of aliphatic carboxylic acids is 1. The van der Waals surface area contributed by atoms with Gasteiger partial charge in [0.05, 0.1) is 21.6 Å². The van der Waals surface area contributed by atoms with E-state index in [0.717, 1.165) is 12.1 Å². The Morgan fingerprint density at radius 1 is 1.21 bits per heavy atom. The van der Waals surface area contributed by atoms with Crippen molar-refractivity contribution in [2.24, 2.45) is 10.8 Å². The van der Waals surface area contributed by atoms with Crippen LogP contribution < -0.4 is 9.64 Å². The van der Waals surface area contributed by atoms with Gasteiger partial charge in [-0.3, -0.25) is 4.79 Å². The van der Waals surface area contributed by atoms with Gasteiger partial charge >= 0.3 is 12.1 Å². The largest absolute Gasteiger partial charge is 0.492 e. The third kappa shape index (κ3) is 4.50. The van der Waals surface area contributed by atoms with Crippen LogP contribution in [-0.4, -0.2) is 58.3 Å². The van der Waals surface area contributed by atoms with Gasteiger partial charge < -0.3 is 14.7 Å². The number of benzene rings is 1. The molecule has 3 aliphatic rings. The lowest BCUT2D eigenvalue weighted by Gasteiger charge is -2.59. The molecule has 1 aromatic carbocycles. The number of alkyl halides is 5. The van der Waals surface area contributed by atoms with E-state index in [-0.39, 0.29) is 29.5 Å². The number of anilines is 1. The lowest BCUT2D eigenvalue weighted by atomic mass is 9.52. The van der Waals surface area contributed by atoms with E-state index in [1.165, 1.54) is 18.2 Å². The van der Waals surface area contributed by atoms with Gasteiger partial charge in [0.25, 0.3) is 0 Å². The molecule has 1 heterocycles. The van der Waals surface area contributed by atoms with Crippen LogP contribution in [0.1, 0.15) is 45.1 Å². The molecule has 0 amide bonds. The second kappa shape index (κ2) is 8.04. The van der Waals surface area contributed by atoms with Crippen molar-refractivity contribution >= 4 is 22.6 Å². The molecule has 6 nitrogen and oxygen atoms in total. The number of hydrogen-bond donors (Lipinski definition) is 1. The van der Waals surface area contributed by atoms with Gasteiger partial charge in [-0.25, -0.2) is 17.3 Å². The van der Waals surface area contributed by atoms with E-state index in [4.69, 9.17) is 4.74 Å². The maximum atomic E-state index is 14.0. The molecule has 0 saturated heterocycles. The van der Waals surface area contributed by atoms with Crippen LogP contribution >= 0.6 is 0 Å². The molecule has 2 saturated carbocycles. The highest BCUT2D eigenvalue weighted by molar-refractivity contribution is 7.82. The average Bonchev–Trinajstić information content (AvgIpc) is 2.78. The molecule has 34 heavy (non-hydrogen) atoms. The zero-order chi connectivity index (χ0) is 25.3. The van der Waals surface area contributed by atoms with Crippen LogP contribution in [0.15, 0.2) is 17.0 Å². The highest BCUT2D eigenvalue weighted by atomic mass is 32.2. The fourth-order valence-electron chi connectivity index (χ4n) is 5.07. The summed E-state index contributed by atoms with van der Waals surface area (Å²) in [6, 6.07) is 1.75. The summed E-state index contributed by atoms with van der Waals surface area (Å²) in [7, 11) is -0.196. The molecular formula is C22H27F5N2O4S. The summed E-state index contributed by atoms with van der Waals surface area (Å²) in [4.78, 5) is 13.2. The van der Waals surface area contributed by atoms with Gasteiger partial charge in [-0.2, -0.15) is 13.2 Å². The van der Waals surface area contributed by atoms with Crippen LogP contribution in [0.4, 0.5) is 27.6 Å². The number of halogens is 5. The summed E-state index contributed by atoms with van der Waals surface area (Å²) >= 11 is 0. The van der Waals surface area contributed by atoms with Crippen molar-refractivity contribution in [1.29, 1.82) is 0 Å². The van der Waals surface area contributed by atoms with Gasteiger partial charge in [0, 0.05) is 45.1 Å². The van der Waals surface area contributed by atoms with Crippen molar-refractivity contribution in [2.45, 2.75) is 62.6 Å². The topological polar surface area (TPSA) is 70.1 Å². The number of hydrogen-bond acceptors (Lipinski definition) is 4. The Morgan fingerprint density at radius 2 is 1.82 bits per heavy atom. The molecule has 0 bridgehead atoms. The molecule has 1 atom stereocenters. The number of carboxylic acids is 1. The van der Waals surface area contributed by atoms with E-state index >= 15 is 0 Å². The average molecular weight is 511 g/mol. The highest BCUT2D eigenvalue weighted by Gasteiger charge is 2.62. The first-order chi connectivity index (χ1) is 15.5. The summed E-state index contributed by atoms with van der Waals surface area (Å²) in [5.41, 5.74) is -2.86. The number of carbonyl (C=O) groups is 1. The number of nitrogens with zero attached hydrogens (tertiary/aromatic N) is 2. The van der Waals surface area contributed by atoms with E-state index in [1.54, 1.807) is 11.9 Å². The summed E-state index contributed by atoms with van der Waals surface area (Å²) < 4.78 is 88.7.